The maximum absolute atomic E-state index is 13.0. The summed E-state index contributed by atoms with van der Waals surface area (Å²) in [6.07, 6.45) is 2.02. The third-order valence-corrected chi connectivity index (χ3v) is 7.13. The average molecular weight is 413 g/mol. The summed E-state index contributed by atoms with van der Waals surface area (Å²) in [5.74, 6) is -0.201. The van der Waals surface area contributed by atoms with Crippen molar-refractivity contribution in [3.05, 3.63) is 59.8 Å². The molecule has 1 saturated heterocycles. The number of carbonyl (C=O) groups is 1. The van der Waals surface area contributed by atoms with Crippen LogP contribution in [0.3, 0.4) is 0 Å². The Morgan fingerprint density at radius 2 is 1.93 bits per heavy atom. The molecule has 7 nitrogen and oxygen atoms in total. The number of para-hydroxylation sites is 1. The molecule has 0 saturated carbocycles. The Hall–Kier alpha value is -2.68. The van der Waals surface area contributed by atoms with Crippen molar-refractivity contribution in [3.63, 3.8) is 0 Å². The number of aryl methyl sites for hydroxylation is 1. The number of aromatic nitrogens is 1. The molecule has 4 rings (SSSR count). The summed E-state index contributed by atoms with van der Waals surface area (Å²) in [6.45, 7) is 3.20. The highest BCUT2D eigenvalue weighted by atomic mass is 32.2. The number of aromatic amines is 1. The molecule has 1 aromatic heterocycles. The molecule has 0 atom stereocenters. The van der Waals surface area contributed by atoms with Gasteiger partial charge in [-0.2, -0.15) is 4.31 Å². The Bertz CT molecular complexity index is 1150. The van der Waals surface area contributed by atoms with Crippen molar-refractivity contribution in [2.24, 2.45) is 0 Å². The van der Waals surface area contributed by atoms with Gasteiger partial charge in [-0.3, -0.25) is 4.79 Å². The third-order valence-electron chi connectivity index (χ3n) is 5.09. The van der Waals surface area contributed by atoms with Crippen molar-refractivity contribution in [2.75, 3.05) is 31.6 Å². The monoisotopic (exact) mass is 413 g/mol. The normalized spacial score (nSPS) is 15.5. The largest absolute Gasteiger partial charge is 0.379 e. The summed E-state index contributed by atoms with van der Waals surface area (Å²) >= 11 is 0. The molecule has 0 radical (unpaired) electrons. The van der Waals surface area contributed by atoms with Crippen molar-refractivity contribution in [3.8, 4) is 0 Å². The van der Waals surface area contributed by atoms with Crippen LogP contribution in [0, 0.1) is 6.92 Å². The first-order valence-corrected chi connectivity index (χ1v) is 10.9. The van der Waals surface area contributed by atoms with Crippen LogP contribution in [-0.4, -0.2) is 49.9 Å². The lowest BCUT2D eigenvalue weighted by Crippen LogP contribution is -2.40. The SMILES string of the molecule is Cc1ccc(NC(=O)Cc2c[nH]c3ccccc23)cc1S(=O)(=O)N1CCOCC1. The maximum atomic E-state index is 13.0. The molecule has 0 unspecified atom stereocenters. The number of benzene rings is 2. The number of hydrogen-bond acceptors (Lipinski definition) is 4. The summed E-state index contributed by atoms with van der Waals surface area (Å²) in [7, 11) is -3.63. The number of amides is 1. The second-order valence-corrected chi connectivity index (χ2v) is 8.99. The summed E-state index contributed by atoms with van der Waals surface area (Å²) in [4.78, 5) is 15.9. The smallest absolute Gasteiger partial charge is 0.243 e. The van der Waals surface area contributed by atoms with Crippen LogP contribution < -0.4 is 5.32 Å². The molecule has 2 aromatic carbocycles. The molecule has 2 heterocycles. The number of anilines is 1. The number of sulfonamides is 1. The standard InChI is InChI=1S/C21H23N3O4S/c1-15-6-7-17(13-20(15)29(26,27)24-8-10-28-11-9-24)23-21(25)12-16-14-22-19-5-3-2-4-18(16)19/h2-7,13-14,22H,8-12H2,1H3,(H,23,25). The topological polar surface area (TPSA) is 91.5 Å². The van der Waals surface area contributed by atoms with E-state index in [0.717, 1.165) is 16.5 Å². The van der Waals surface area contributed by atoms with E-state index in [-0.39, 0.29) is 17.2 Å². The molecule has 1 aliphatic heterocycles. The van der Waals surface area contributed by atoms with Gasteiger partial charge in [0.15, 0.2) is 0 Å². The van der Waals surface area contributed by atoms with Gasteiger partial charge >= 0.3 is 0 Å². The van der Waals surface area contributed by atoms with Crippen LogP contribution in [0.4, 0.5) is 5.69 Å². The number of hydrogen-bond donors (Lipinski definition) is 2. The van der Waals surface area contributed by atoms with Gasteiger partial charge in [0.25, 0.3) is 0 Å². The molecular weight excluding hydrogens is 390 g/mol. The number of rotatable bonds is 5. The van der Waals surface area contributed by atoms with Gasteiger partial charge in [-0.1, -0.05) is 24.3 Å². The van der Waals surface area contributed by atoms with Crippen LogP contribution in [0.1, 0.15) is 11.1 Å². The van der Waals surface area contributed by atoms with Crippen LogP contribution in [0.25, 0.3) is 10.9 Å². The predicted octanol–water partition coefficient (Wildman–Crippen LogP) is 2.68. The molecular formula is C21H23N3O4S. The fourth-order valence-electron chi connectivity index (χ4n) is 3.54. The van der Waals surface area contributed by atoms with E-state index in [0.29, 0.717) is 37.6 Å². The summed E-state index contributed by atoms with van der Waals surface area (Å²) in [5.41, 5.74) is 2.98. The maximum Gasteiger partial charge on any atom is 0.243 e. The van der Waals surface area contributed by atoms with Gasteiger partial charge in [-0.05, 0) is 36.2 Å². The predicted molar refractivity (Wildman–Crippen MR) is 111 cm³/mol. The average Bonchev–Trinajstić information content (AvgIpc) is 3.13. The number of H-pyrrole nitrogens is 1. The Morgan fingerprint density at radius 3 is 2.72 bits per heavy atom. The fraction of sp³-hybridized carbons (Fsp3) is 0.286. The number of nitrogens with zero attached hydrogens (tertiary/aromatic N) is 1. The van der Waals surface area contributed by atoms with Crippen LogP contribution in [0.2, 0.25) is 0 Å². The quantitative estimate of drug-likeness (QED) is 0.673. The molecule has 8 heteroatoms. The first-order valence-electron chi connectivity index (χ1n) is 9.48. The van der Waals surface area contributed by atoms with Gasteiger partial charge in [0.2, 0.25) is 15.9 Å². The first-order chi connectivity index (χ1) is 13.9. The second kappa shape index (κ2) is 7.98. The summed E-state index contributed by atoms with van der Waals surface area (Å²) in [5, 5.41) is 3.83. The van der Waals surface area contributed by atoms with E-state index in [1.165, 1.54) is 10.4 Å². The first kappa shape index (κ1) is 19.6. The minimum absolute atomic E-state index is 0.198. The van der Waals surface area contributed by atoms with Crippen molar-refractivity contribution >= 4 is 32.5 Å². The number of nitrogens with one attached hydrogen (secondary N) is 2. The molecule has 0 bridgehead atoms. The highest BCUT2D eigenvalue weighted by Crippen LogP contribution is 2.25. The highest BCUT2D eigenvalue weighted by Gasteiger charge is 2.28. The zero-order chi connectivity index (χ0) is 20.4. The van der Waals surface area contributed by atoms with Crippen molar-refractivity contribution in [1.82, 2.24) is 9.29 Å². The minimum Gasteiger partial charge on any atom is -0.379 e. The third kappa shape index (κ3) is 4.05. The minimum atomic E-state index is -3.63. The van der Waals surface area contributed by atoms with Gasteiger partial charge < -0.3 is 15.0 Å². The van der Waals surface area contributed by atoms with E-state index in [9.17, 15) is 13.2 Å². The van der Waals surface area contributed by atoms with Gasteiger partial charge in [-0.25, -0.2) is 8.42 Å². The molecule has 0 spiro atoms. The Kier molecular flexibility index (Phi) is 5.40. The number of fused-ring (bicyclic) bond motifs is 1. The molecule has 2 N–H and O–H groups in total. The lowest BCUT2D eigenvalue weighted by atomic mass is 10.1. The lowest BCUT2D eigenvalue weighted by molar-refractivity contribution is -0.115. The van der Waals surface area contributed by atoms with Gasteiger partial charge in [0.05, 0.1) is 24.5 Å². The van der Waals surface area contributed by atoms with E-state index >= 15 is 0 Å². The van der Waals surface area contributed by atoms with E-state index in [2.05, 4.69) is 10.3 Å². The Balaban J connectivity index is 1.53. The highest BCUT2D eigenvalue weighted by molar-refractivity contribution is 7.89. The van der Waals surface area contributed by atoms with E-state index < -0.39 is 10.0 Å². The van der Waals surface area contributed by atoms with Crippen molar-refractivity contribution < 1.29 is 17.9 Å². The van der Waals surface area contributed by atoms with Crippen LogP contribution >= 0.6 is 0 Å². The second-order valence-electron chi connectivity index (χ2n) is 7.08. The van der Waals surface area contributed by atoms with E-state index in [1.54, 1.807) is 19.1 Å². The zero-order valence-electron chi connectivity index (χ0n) is 16.1. The Morgan fingerprint density at radius 1 is 1.17 bits per heavy atom. The van der Waals surface area contributed by atoms with Crippen LogP contribution in [-0.2, 0) is 26.0 Å². The van der Waals surface area contributed by atoms with Gasteiger partial charge in [-0.15, -0.1) is 0 Å². The molecule has 0 aliphatic carbocycles. The molecule has 1 aliphatic rings. The lowest BCUT2D eigenvalue weighted by Gasteiger charge is -2.26. The molecule has 152 valence electrons. The van der Waals surface area contributed by atoms with Gasteiger partial charge in [0.1, 0.15) is 0 Å². The van der Waals surface area contributed by atoms with E-state index in [1.807, 2.05) is 30.5 Å². The van der Waals surface area contributed by atoms with Crippen LogP contribution in [0.15, 0.2) is 53.6 Å². The number of carbonyl (C=O) groups excluding carboxylic acids is 1. The summed E-state index contributed by atoms with van der Waals surface area (Å²) < 4.78 is 32.7. The van der Waals surface area contributed by atoms with Gasteiger partial charge in [0, 0.05) is 35.9 Å². The molecule has 1 fully saturated rings. The molecule has 1 amide bonds. The summed E-state index contributed by atoms with van der Waals surface area (Å²) in [6, 6.07) is 12.8. The Labute approximate surface area is 169 Å². The van der Waals surface area contributed by atoms with Crippen LogP contribution in [0.5, 0.6) is 0 Å². The number of ether oxygens (including phenoxy) is 1. The molecule has 3 aromatic rings. The molecule has 29 heavy (non-hydrogen) atoms. The zero-order valence-corrected chi connectivity index (χ0v) is 17.0. The number of morpholine rings is 1. The fourth-order valence-corrected chi connectivity index (χ4v) is 5.20. The van der Waals surface area contributed by atoms with Crippen molar-refractivity contribution in [1.29, 1.82) is 0 Å². The van der Waals surface area contributed by atoms with E-state index in [4.69, 9.17) is 4.74 Å². The van der Waals surface area contributed by atoms with Crippen molar-refractivity contribution in [2.45, 2.75) is 18.2 Å².